The highest BCUT2D eigenvalue weighted by Gasteiger charge is 2.35. The molecule has 0 radical (unpaired) electrons. The van der Waals surface area contributed by atoms with Crippen LogP contribution in [0.3, 0.4) is 0 Å². The first kappa shape index (κ1) is 23.2. The van der Waals surface area contributed by atoms with Crippen molar-refractivity contribution in [2.75, 3.05) is 22.9 Å². The zero-order valence-corrected chi connectivity index (χ0v) is 20.4. The number of anilines is 3. The number of rotatable bonds is 4. The van der Waals surface area contributed by atoms with Crippen molar-refractivity contribution in [3.63, 3.8) is 0 Å². The second kappa shape index (κ2) is 9.11. The number of nitrogens with two attached hydrogens (primary N) is 1. The highest BCUT2D eigenvalue weighted by Crippen LogP contribution is 2.29. The number of nitrogens with one attached hydrogen (secondary N) is 2. The van der Waals surface area contributed by atoms with E-state index in [9.17, 15) is 4.39 Å². The molecule has 0 atom stereocenters. The van der Waals surface area contributed by atoms with Crippen LogP contribution in [0.15, 0.2) is 53.5 Å². The number of halogens is 2. The molecular formula is C24H27ClFN6S+. The van der Waals surface area contributed by atoms with Crippen molar-refractivity contribution in [3.05, 3.63) is 75.1 Å². The summed E-state index contributed by atoms with van der Waals surface area (Å²) in [5, 5.41) is 7.42. The van der Waals surface area contributed by atoms with Gasteiger partial charge in [-0.15, -0.1) is 0 Å². The SMILES string of the molecule is C[n+]1c2n(c(N)c(C(=NCc3ccc(Cl)cc3)Nc3ccc(F)cc3)c1=S)CC(C)(C)CN2. The van der Waals surface area contributed by atoms with Gasteiger partial charge in [0.2, 0.25) is 0 Å². The second-order valence-corrected chi connectivity index (χ2v) is 9.80. The minimum absolute atomic E-state index is 0.0179. The summed E-state index contributed by atoms with van der Waals surface area (Å²) in [4.78, 5) is 4.83. The molecule has 0 saturated carbocycles. The predicted octanol–water partition coefficient (Wildman–Crippen LogP) is 4.93. The lowest BCUT2D eigenvalue weighted by Gasteiger charge is -2.30. The third-order valence-corrected chi connectivity index (χ3v) is 6.36. The van der Waals surface area contributed by atoms with E-state index in [-0.39, 0.29) is 11.2 Å². The first-order valence-corrected chi connectivity index (χ1v) is 11.4. The molecule has 3 aromatic rings. The molecule has 0 aliphatic carbocycles. The normalized spacial score (nSPS) is 15.0. The number of fused-ring (bicyclic) bond motifs is 1. The largest absolute Gasteiger partial charge is 0.372 e. The Balaban J connectivity index is 1.83. The Hall–Kier alpha value is -2.97. The number of aromatic nitrogens is 2. The van der Waals surface area contributed by atoms with E-state index in [0.29, 0.717) is 39.1 Å². The van der Waals surface area contributed by atoms with Gasteiger partial charge in [0.15, 0.2) is 10.5 Å². The molecule has 0 amide bonds. The van der Waals surface area contributed by atoms with Crippen LogP contribution in [0.25, 0.3) is 0 Å². The molecule has 0 saturated heterocycles. The van der Waals surface area contributed by atoms with Gasteiger partial charge in [-0.1, -0.05) is 37.6 Å². The van der Waals surface area contributed by atoms with Gasteiger partial charge < -0.3 is 11.1 Å². The lowest BCUT2D eigenvalue weighted by molar-refractivity contribution is -0.668. The molecule has 172 valence electrons. The quantitative estimate of drug-likeness (QED) is 0.212. The van der Waals surface area contributed by atoms with Gasteiger partial charge in [-0.05, 0) is 54.2 Å². The zero-order chi connectivity index (χ0) is 23.8. The Morgan fingerprint density at radius 3 is 2.58 bits per heavy atom. The molecule has 2 aromatic carbocycles. The molecule has 4 rings (SSSR count). The summed E-state index contributed by atoms with van der Waals surface area (Å²) >= 11 is 11.8. The molecule has 0 fully saturated rings. The van der Waals surface area contributed by atoms with Gasteiger partial charge >= 0.3 is 5.95 Å². The van der Waals surface area contributed by atoms with Crippen molar-refractivity contribution in [1.82, 2.24) is 4.57 Å². The van der Waals surface area contributed by atoms with Gasteiger partial charge in [-0.2, -0.15) is 0 Å². The van der Waals surface area contributed by atoms with Crippen molar-refractivity contribution in [2.45, 2.75) is 26.9 Å². The van der Waals surface area contributed by atoms with E-state index in [2.05, 4.69) is 24.5 Å². The number of aliphatic imine (C=N–C) groups is 1. The Labute approximate surface area is 202 Å². The van der Waals surface area contributed by atoms with Gasteiger partial charge in [-0.25, -0.2) is 13.5 Å². The van der Waals surface area contributed by atoms with Crippen molar-refractivity contribution in [2.24, 2.45) is 17.5 Å². The van der Waals surface area contributed by atoms with Gasteiger partial charge in [0.25, 0.3) is 0 Å². The van der Waals surface area contributed by atoms with E-state index in [1.165, 1.54) is 12.1 Å². The molecule has 1 aliphatic rings. The fraction of sp³-hybridized carbons (Fsp3) is 0.292. The van der Waals surface area contributed by atoms with Crippen LogP contribution in [-0.4, -0.2) is 16.9 Å². The minimum Gasteiger partial charge on any atom is -0.372 e. The second-order valence-electron chi connectivity index (χ2n) is 8.98. The van der Waals surface area contributed by atoms with Crippen molar-refractivity contribution in [1.29, 1.82) is 0 Å². The van der Waals surface area contributed by atoms with Crippen LogP contribution >= 0.6 is 23.8 Å². The van der Waals surface area contributed by atoms with Crippen LogP contribution in [0, 0.1) is 15.9 Å². The third-order valence-electron chi connectivity index (χ3n) is 5.63. The molecule has 1 aromatic heterocycles. The summed E-state index contributed by atoms with van der Waals surface area (Å²) in [5.74, 6) is 1.60. The van der Waals surface area contributed by atoms with Crippen molar-refractivity contribution >= 4 is 47.1 Å². The lowest BCUT2D eigenvalue weighted by Crippen LogP contribution is -2.47. The number of hydrogen-bond acceptors (Lipinski definition) is 4. The molecular weight excluding hydrogens is 459 g/mol. The predicted molar refractivity (Wildman–Crippen MR) is 135 cm³/mol. The van der Waals surface area contributed by atoms with E-state index in [0.717, 1.165) is 24.6 Å². The monoisotopic (exact) mass is 485 g/mol. The maximum Gasteiger partial charge on any atom is 0.359 e. The van der Waals surface area contributed by atoms with Gasteiger partial charge in [0.05, 0.1) is 26.7 Å². The van der Waals surface area contributed by atoms with Crippen LogP contribution in [-0.2, 0) is 20.1 Å². The zero-order valence-electron chi connectivity index (χ0n) is 18.8. The number of hydrogen-bond donors (Lipinski definition) is 3. The van der Waals surface area contributed by atoms with E-state index in [4.69, 9.17) is 34.5 Å². The Bertz CT molecular complexity index is 1270. The van der Waals surface area contributed by atoms with Gasteiger partial charge in [0.1, 0.15) is 17.2 Å². The molecule has 2 heterocycles. The Morgan fingerprint density at radius 2 is 1.91 bits per heavy atom. The van der Waals surface area contributed by atoms with Gasteiger partial charge in [-0.3, -0.25) is 10.3 Å². The third kappa shape index (κ3) is 5.02. The highest BCUT2D eigenvalue weighted by atomic mass is 35.5. The number of nitrogens with zero attached hydrogens (tertiary/aromatic N) is 3. The molecule has 33 heavy (non-hydrogen) atoms. The van der Waals surface area contributed by atoms with Crippen LogP contribution < -0.4 is 20.9 Å². The fourth-order valence-corrected chi connectivity index (χ4v) is 4.23. The summed E-state index contributed by atoms with van der Waals surface area (Å²) in [5.41, 5.74) is 9.03. The van der Waals surface area contributed by atoms with E-state index >= 15 is 0 Å². The lowest BCUT2D eigenvalue weighted by atomic mass is 9.92. The summed E-state index contributed by atoms with van der Waals surface area (Å²) in [6.45, 7) is 6.31. The maximum atomic E-state index is 13.5. The maximum absolute atomic E-state index is 13.5. The molecule has 6 nitrogen and oxygen atoms in total. The summed E-state index contributed by atoms with van der Waals surface area (Å²) in [7, 11) is 1.91. The average molecular weight is 486 g/mol. The van der Waals surface area contributed by atoms with Crippen LogP contribution in [0.1, 0.15) is 25.0 Å². The van der Waals surface area contributed by atoms with Crippen LogP contribution in [0.5, 0.6) is 0 Å². The summed E-state index contributed by atoms with van der Waals surface area (Å²) in [6.07, 6.45) is 0. The van der Waals surface area contributed by atoms with Crippen LogP contribution in [0.2, 0.25) is 5.02 Å². The first-order chi connectivity index (χ1) is 15.6. The van der Waals surface area contributed by atoms with Crippen molar-refractivity contribution < 1.29 is 8.96 Å². The smallest absolute Gasteiger partial charge is 0.359 e. The topological polar surface area (TPSA) is 71.2 Å². The summed E-state index contributed by atoms with van der Waals surface area (Å²) < 4.78 is 18.0. The molecule has 0 spiro atoms. The highest BCUT2D eigenvalue weighted by molar-refractivity contribution is 7.71. The molecule has 0 unspecified atom stereocenters. The number of nitrogen functional groups attached to an aromatic ring is 1. The Kier molecular flexibility index (Phi) is 6.41. The van der Waals surface area contributed by atoms with E-state index in [1.54, 1.807) is 12.1 Å². The van der Waals surface area contributed by atoms with E-state index < -0.39 is 0 Å². The number of amidine groups is 1. The van der Waals surface area contributed by atoms with Crippen molar-refractivity contribution in [3.8, 4) is 0 Å². The Morgan fingerprint density at radius 1 is 1.24 bits per heavy atom. The molecule has 1 aliphatic heterocycles. The summed E-state index contributed by atoms with van der Waals surface area (Å²) in [6, 6.07) is 13.6. The standard InChI is InChI=1S/C24H26ClFN6S/c1-24(2)13-29-23-31(3)22(33)19(20(27)32(23)14-24)21(30-18-10-8-17(26)9-11-18)28-12-15-4-6-16(25)7-5-15/h4-11H,12-14H2,1-3H3,(H3,27,28,30,33)/p+1. The van der Waals surface area contributed by atoms with Crippen LogP contribution in [0.4, 0.5) is 21.8 Å². The number of benzene rings is 2. The molecule has 4 N–H and O–H groups in total. The fourth-order valence-electron chi connectivity index (χ4n) is 3.81. The van der Waals surface area contributed by atoms with Gasteiger partial charge in [0, 0.05) is 16.1 Å². The molecule has 0 bridgehead atoms. The van der Waals surface area contributed by atoms with E-state index in [1.807, 2.05) is 40.4 Å². The molecule has 9 heteroatoms. The minimum atomic E-state index is -0.312. The average Bonchev–Trinajstić information content (AvgIpc) is 2.78. The first-order valence-electron chi connectivity index (χ1n) is 10.6.